The van der Waals surface area contributed by atoms with Gasteiger partial charge in [0.05, 0.1) is 7.11 Å². The Bertz CT molecular complexity index is 1410. The smallest absolute Gasteiger partial charge is 0.437 e. The van der Waals surface area contributed by atoms with Crippen LogP contribution in [0.25, 0.3) is 0 Å². The van der Waals surface area contributed by atoms with E-state index < -0.39 is 47.9 Å². The molecular formula is C34H45N5O9. The minimum Gasteiger partial charge on any atom is -0.467 e. The summed E-state index contributed by atoms with van der Waals surface area (Å²) >= 11 is 0. The molecule has 260 valence electrons. The van der Waals surface area contributed by atoms with Crippen LogP contribution in [0.15, 0.2) is 65.7 Å². The molecule has 1 saturated heterocycles. The molecule has 1 aliphatic rings. The van der Waals surface area contributed by atoms with Crippen LogP contribution in [0.1, 0.15) is 64.0 Å². The topological polar surface area (TPSA) is 179 Å². The van der Waals surface area contributed by atoms with Gasteiger partial charge in [-0.2, -0.15) is 0 Å². The summed E-state index contributed by atoms with van der Waals surface area (Å²) in [6.07, 6.45) is -1.22. The van der Waals surface area contributed by atoms with Gasteiger partial charge >= 0.3 is 24.2 Å². The van der Waals surface area contributed by atoms with E-state index in [-0.39, 0.29) is 44.9 Å². The maximum atomic E-state index is 13.3. The Hall–Kier alpha value is -5.14. The number of rotatable bonds is 12. The molecule has 0 aliphatic carbocycles. The number of nitrogens with one attached hydrogen (secondary N) is 1. The molecule has 0 saturated carbocycles. The summed E-state index contributed by atoms with van der Waals surface area (Å²) in [6.45, 7) is 5.33. The molecule has 14 nitrogen and oxygen atoms in total. The summed E-state index contributed by atoms with van der Waals surface area (Å²) in [7, 11) is 1.27. The third kappa shape index (κ3) is 12.6. The number of carbonyl (C=O) groups is 5. The molecule has 0 spiro atoms. The van der Waals surface area contributed by atoms with Crippen molar-refractivity contribution in [3.05, 3.63) is 71.8 Å². The van der Waals surface area contributed by atoms with Crippen LogP contribution in [-0.4, -0.2) is 83.8 Å². The normalized spacial score (nSPS) is 15.2. The minimum atomic E-state index is -1.00. The highest BCUT2D eigenvalue weighted by atomic mass is 16.6. The number of aliphatic imine (C=N–C) groups is 1. The largest absolute Gasteiger partial charge is 0.467 e. The van der Waals surface area contributed by atoms with Crippen LogP contribution < -0.4 is 11.1 Å². The van der Waals surface area contributed by atoms with Gasteiger partial charge in [0.15, 0.2) is 0 Å². The summed E-state index contributed by atoms with van der Waals surface area (Å²) in [5.41, 5.74) is 6.81. The molecule has 0 unspecified atom stereocenters. The number of amides is 4. The molecule has 4 amide bonds. The number of guanidine groups is 1. The van der Waals surface area contributed by atoms with E-state index >= 15 is 0 Å². The fourth-order valence-electron chi connectivity index (χ4n) is 4.97. The second kappa shape index (κ2) is 18.3. The standard InChI is InChI=1S/C34H45N5O9/c1-34(2,3)48-32(43)36-26(21-28(40)38-19-12-18-27(38)29(41)45-4)17-11-20-39(33(44)47-23-25-15-9-6-10-16-25)30(35)37-31(42)46-22-24-13-7-5-8-14-24/h5-10,13-16,26-27H,11-12,17-23H2,1-4H3,(H,36,43)(H2,35,37,42)/t26-,27-/m0/s1. The fraction of sp³-hybridized carbons (Fsp3) is 0.471. The number of nitrogens with zero attached hydrogens (tertiary/aromatic N) is 3. The summed E-state index contributed by atoms with van der Waals surface area (Å²) < 4.78 is 20.9. The van der Waals surface area contributed by atoms with Gasteiger partial charge in [0.1, 0.15) is 24.9 Å². The van der Waals surface area contributed by atoms with Crippen LogP contribution in [0.4, 0.5) is 14.4 Å². The molecule has 2 atom stereocenters. The molecule has 0 bridgehead atoms. The molecule has 0 radical (unpaired) electrons. The van der Waals surface area contributed by atoms with Gasteiger partial charge in [0.2, 0.25) is 11.9 Å². The van der Waals surface area contributed by atoms with E-state index in [2.05, 4.69) is 10.3 Å². The quantitative estimate of drug-likeness (QED) is 0.142. The molecule has 2 aromatic rings. The Balaban J connectivity index is 1.72. The van der Waals surface area contributed by atoms with Crippen molar-refractivity contribution in [2.45, 2.75) is 83.8 Å². The first-order valence-corrected chi connectivity index (χ1v) is 15.8. The van der Waals surface area contributed by atoms with Gasteiger partial charge in [-0.05, 0) is 57.6 Å². The maximum absolute atomic E-state index is 13.3. The maximum Gasteiger partial charge on any atom is 0.437 e. The predicted molar refractivity (Wildman–Crippen MR) is 175 cm³/mol. The lowest BCUT2D eigenvalue weighted by Gasteiger charge is -2.27. The molecule has 14 heteroatoms. The number of carbonyl (C=O) groups excluding carboxylic acids is 5. The highest BCUT2D eigenvalue weighted by Gasteiger charge is 2.36. The van der Waals surface area contributed by atoms with E-state index in [1.54, 1.807) is 69.3 Å². The van der Waals surface area contributed by atoms with Crippen molar-refractivity contribution in [3.8, 4) is 0 Å². The van der Waals surface area contributed by atoms with E-state index in [0.717, 1.165) is 16.0 Å². The number of hydrogen-bond donors (Lipinski definition) is 2. The van der Waals surface area contributed by atoms with E-state index in [9.17, 15) is 24.0 Å². The summed E-state index contributed by atoms with van der Waals surface area (Å²) in [4.78, 5) is 70.2. The zero-order valence-corrected chi connectivity index (χ0v) is 27.9. The number of nitrogens with two attached hydrogens (primary N) is 1. The first kappa shape index (κ1) is 37.3. The van der Waals surface area contributed by atoms with E-state index in [4.69, 9.17) is 24.7 Å². The highest BCUT2D eigenvalue weighted by molar-refractivity contribution is 5.98. The van der Waals surface area contributed by atoms with Gasteiger partial charge in [0, 0.05) is 25.6 Å². The van der Waals surface area contributed by atoms with Crippen molar-refractivity contribution in [1.29, 1.82) is 0 Å². The lowest BCUT2D eigenvalue weighted by Crippen LogP contribution is -2.46. The molecule has 2 aromatic carbocycles. The average Bonchev–Trinajstić information content (AvgIpc) is 3.55. The number of ether oxygens (including phenoxy) is 4. The van der Waals surface area contributed by atoms with Crippen molar-refractivity contribution in [2.75, 3.05) is 20.2 Å². The molecule has 48 heavy (non-hydrogen) atoms. The van der Waals surface area contributed by atoms with Gasteiger partial charge < -0.3 is 34.9 Å². The SMILES string of the molecule is COC(=O)[C@@H]1CCCN1C(=O)C[C@H](CCCN(C(=O)OCc1ccccc1)/C(N)=N/C(=O)OCc1ccccc1)NC(=O)OC(C)(C)C. The summed E-state index contributed by atoms with van der Waals surface area (Å²) in [5, 5.41) is 2.73. The van der Waals surface area contributed by atoms with Crippen molar-refractivity contribution in [1.82, 2.24) is 15.1 Å². The van der Waals surface area contributed by atoms with E-state index in [1.165, 1.54) is 12.0 Å². The fourth-order valence-corrected chi connectivity index (χ4v) is 4.97. The lowest BCUT2D eigenvalue weighted by atomic mass is 10.1. The van der Waals surface area contributed by atoms with Gasteiger partial charge in [-0.3, -0.25) is 4.79 Å². The van der Waals surface area contributed by atoms with Crippen LogP contribution in [-0.2, 0) is 41.8 Å². The zero-order valence-electron chi connectivity index (χ0n) is 27.9. The Labute approximate surface area is 280 Å². The molecule has 0 aromatic heterocycles. The number of hydrogen-bond acceptors (Lipinski definition) is 9. The number of methoxy groups -OCH3 is 1. The van der Waals surface area contributed by atoms with Crippen LogP contribution in [0.3, 0.4) is 0 Å². The minimum absolute atomic E-state index is 0.0468. The summed E-state index contributed by atoms with van der Waals surface area (Å²) in [5.74, 6) is -1.29. The zero-order chi connectivity index (χ0) is 35.1. The van der Waals surface area contributed by atoms with E-state index in [1.807, 2.05) is 12.1 Å². The number of alkyl carbamates (subject to hydrolysis) is 1. The van der Waals surface area contributed by atoms with Crippen LogP contribution in [0.2, 0.25) is 0 Å². The molecule has 1 heterocycles. The van der Waals surface area contributed by atoms with Crippen LogP contribution in [0.5, 0.6) is 0 Å². The van der Waals surface area contributed by atoms with Gasteiger partial charge in [-0.15, -0.1) is 4.99 Å². The monoisotopic (exact) mass is 667 g/mol. The van der Waals surface area contributed by atoms with Crippen molar-refractivity contribution in [2.24, 2.45) is 10.7 Å². The third-order valence-corrected chi connectivity index (χ3v) is 7.24. The first-order chi connectivity index (χ1) is 22.9. The highest BCUT2D eigenvalue weighted by Crippen LogP contribution is 2.21. The van der Waals surface area contributed by atoms with Gasteiger partial charge in [0.25, 0.3) is 0 Å². The van der Waals surface area contributed by atoms with Crippen molar-refractivity contribution in [3.63, 3.8) is 0 Å². The van der Waals surface area contributed by atoms with Crippen molar-refractivity contribution >= 4 is 36.1 Å². The molecular weight excluding hydrogens is 622 g/mol. The van der Waals surface area contributed by atoms with Gasteiger partial charge in [-0.25, -0.2) is 24.1 Å². The average molecular weight is 668 g/mol. The first-order valence-electron chi connectivity index (χ1n) is 15.8. The second-order valence-corrected chi connectivity index (χ2v) is 12.2. The lowest BCUT2D eigenvalue weighted by molar-refractivity contribution is -0.151. The van der Waals surface area contributed by atoms with Crippen LogP contribution >= 0.6 is 0 Å². The Morgan fingerprint density at radius 3 is 2.17 bits per heavy atom. The van der Waals surface area contributed by atoms with Crippen LogP contribution in [0, 0.1) is 0 Å². The number of benzene rings is 2. The third-order valence-electron chi connectivity index (χ3n) is 7.24. The van der Waals surface area contributed by atoms with Gasteiger partial charge in [-0.1, -0.05) is 60.7 Å². The predicted octanol–water partition coefficient (Wildman–Crippen LogP) is 4.50. The Morgan fingerprint density at radius 1 is 0.979 bits per heavy atom. The molecule has 1 fully saturated rings. The van der Waals surface area contributed by atoms with Crippen molar-refractivity contribution < 1.29 is 42.9 Å². The number of esters is 1. The Morgan fingerprint density at radius 2 is 1.58 bits per heavy atom. The molecule has 1 aliphatic heterocycles. The Kier molecular flexibility index (Phi) is 14.2. The molecule has 3 rings (SSSR count). The molecule has 3 N–H and O–H groups in total. The number of likely N-dealkylation sites (tertiary alicyclic amines) is 1. The second-order valence-electron chi connectivity index (χ2n) is 12.2. The van der Waals surface area contributed by atoms with E-state index in [0.29, 0.717) is 19.4 Å². The summed E-state index contributed by atoms with van der Waals surface area (Å²) in [6, 6.07) is 16.5.